The third kappa shape index (κ3) is 1.69. The second kappa shape index (κ2) is 4.28. The van der Waals surface area contributed by atoms with Gasteiger partial charge in [-0.2, -0.15) is 5.10 Å². The van der Waals surface area contributed by atoms with Crippen LogP contribution in [0.1, 0.15) is 5.56 Å². The number of aromatic amines is 1. The summed E-state index contributed by atoms with van der Waals surface area (Å²) in [4.78, 5) is 2.32. The van der Waals surface area contributed by atoms with E-state index in [1.54, 1.807) is 0 Å². The van der Waals surface area contributed by atoms with E-state index in [2.05, 4.69) is 26.5 Å². The quantitative estimate of drug-likeness (QED) is 0.809. The largest absolute Gasteiger partial charge is 0.488 e. The molecule has 1 aromatic carbocycles. The van der Waals surface area contributed by atoms with E-state index < -0.39 is 0 Å². The lowest BCUT2D eigenvalue weighted by atomic mass is 10.0. The van der Waals surface area contributed by atoms with E-state index in [1.165, 1.54) is 5.56 Å². The highest BCUT2D eigenvalue weighted by molar-refractivity contribution is 5.75. The lowest BCUT2D eigenvalue weighted by Gasteiger charge is -2.29. The average molecular weight is 256 g/mol. The van der Waals surface area contributed by atoms with Crippen molar-refractivity contribution in [3.63, 3.8) is 0 Å². The Hall–Kier alpha value is -2.01. The summed E-state index contributed by atoms with van der Waals surface area (Å²) in [5, 5.41) is 11.1. The molecule has 19 heavy (non-hydrogen) atoms. The van der Waals surface area contributed by atoms with E-state index in [-0.39, 0.29) is 0 Å². The molecule has 2 aliphatic rings. The van der Waals surface area contributed by atoms with Crippen molar-refractivity contribution in [1.82, 2.24) is 15.5 Å². The van der Waals surface area contributed by atoms with Gasteiger partial charge in [0.15, 0.2) is 5.82 Å². The van der Waals surface area contributed by atoms with Gasteiger partial charge in [-0.3, -0.25) is 5.10 Å². The van der Waals surface area contributed by atoms with Crippen LogP contribution >= 0.6 is 0 Å². The second-order valence-corrected chi connectivity index (χ2v) is 4.92. The number of aromatic nitrogens is 2. The summed E-state index contributed by atoms with van der Waals surface area (Å²) in [6.45, 7) is 4.62. The molecule has 0 aliphatic carbocycles. The Balaban J connectivity index is 1.77. The maximum absolute atomic E-state index is 5.84. The van der Waals surface area contributed by atoms with Crippen LogP contribution in [0.4, 0.5) is 5.82 Å². The summed E-state index contributed by atoms with van der Waals surface area (Å²) in [6.07, 6.45) is 0. The molecule has 1 saturated heterocycles. The number of piperazine rings is 1. The minimum Gasteiger partial charge on any atom is -0.488 e. The molecule has 4 rings (SSSR count). The molecule has 2 aromatic rings. The van der Waals surface area contributed by atoms with Gasteiger partial charge in [-0.25, -0.2) is 0 Å². The lowest BCUT2D eigenvalue weighted by molar-refractivity contribution is 0.302. The fraction of sp³-hybridized carbons (Fsp3) is 0.357. The van der Waals surface area contributed by atoms with Crippen LogP contribution in [-0.4, -0.2) is 36.4 Å². The summed E-state index contributed by atoms with van der Waals surface area (Å²) < 4.78 is 5.84. The van der Waals surface area contributed by atoms with Crippen molar-refractivity contribution in [1.29, 1.82) is 0 Å². The first kappa shape index (κ1) is 10.9. The van der Waals surface area contributed by atoms with Crippen LogP contribution in [0.2, 0.25) is 0 Å². The minimum atomic E-state index is 0.599. The number of fused-ring (bicyclic) bond motifs is 3. The number of rotatable bonds is 1. The zero-order valence-corrected chi connectivity index (χ0v) is 10.6. The predicted molar refractivity (Wildman–Crippen MR) is 73.4 cm³/mol. The number of hydrogen-bond donors (Lipinski definition) is 2. The van der Waals surface area contributed by atoms with Gasteiger partial charge < -0.3 is 15.0 Å². The van der Waals surface area contributed by atoms with Gasteiger partial charge in [0.05, 0.1) is 11.3 Å². The zero-order chi connectivity index (χ0) is 12.7. The molecule has 0 unspecified atom stereocenters. The normalized spacial score (nSPS) is 17.6. The average Bonchev–Trinajstić information content (AvgIpc) is 2.92. The molecular weight excluding hydrogens is 240 g/mol. The van der Waals surface area contributed by atoms with Crippen LogP contribution in [0, 0.1) is 0 Å². The smallest absolute Gasteiger partial charge is 0.157 e. The van der Waals surface area contributed by atoms with Crippen LogP contribution in [-0.2, 0) is 6.61 Å². The van der Waals surface area contributed by atoms with Gasteiger partial charge in [0.25, 0.3) is 0 Å². The van der Waals surface area contributed by atoms with Gasteiger partial charge in [0.2, 0.25) is 0 Å². The predicted octanol–water partition coefficient (Wildman–Crippen LogP) is 1.38. The number of H-pyrrole nitrogens is 1. The lowest BCUT2D eigenvalue weighted by Crippen LogP contribution is -2.44. The molecule has 0 atom stereocenters. The van der Waals surface area contributed by atoms with Crippen LogP contribution in [0.3, 0.4) is 0 Å². The molecule has 5 heteroatoms. The third-order valence-electron chi connectivity index (χ3n) is 3.79. The molecule has 2 N–H and O–H groups in total. The second-order valence-electron chi connectivity index (χ2n) is 4.92. The molecule has 2 aliphatic heterocycles. The fourth-order valence-electron chi connectivity index (χ4n) is 2.80. The van der Waals surface area contributed by atoms with Gasteiger partial charge in [0.1, 0.15) is 12.4 Å². The number of ether oxygens (including phenoxy) is 1. The molecule has 0 amide bonds. The zero-order valence-electron chi connectivity index (χ0n) is 10.6. The van der Waals surface area contributed by atoms with Gasteiger partial charge in [-0.05, 0) is 12.1 Å². The first-order chi connectivity index (χ1) is 9.43. The summed E-state index contributed by atoms with van der Waals surface area (Å²) in [5.41, 5.74) is 3.40. The minimum absolute atomic E-state index is 0.599. The van der Waals surface area contributed by atoms with Gasteiger partial charge >= 0.3 is 0 Å². The molecular formula is C14H16N4O. The van der Waals surface area contributed by atoms with Crippen molar-refractivity contribution in [3.05, 3.63) is 29.8 Å². The number of anilines is 1. The Morgan fingerprint density at radius 1 is 1.16 bits per heavy atom. The van der Waals surface area contributed by atoms with Crippen molar-refractivity contribution in [3.8, 4) is 17.0 Å². The summed E-state index contributed by atoms with van der Waals surface area (Å²) in [6, 6.07) is 8.11. The standard InChI is InChI=1S/C14H16N4O/c1-2-4-12-10(3-1)13-11(9-19-12)14(17-16-13)18-7-5-15-6-8-18/h1-4,15H,5-9H2,(H,16,17). The van der Waals surface area contributed by atoms with Crippen LogP contribution < -0.4 is 15.0 Å². The Bertz CT molecular complexity index is 601. The molecule has 1 fully saturated rings. The van der Waals surface area contributed by atoms with Crippen molar-refractivity contribution in [2.45, 2.75) is 6.61 Å². The fourth-order valence-corrected chi connectivity index (χ4v) is 2.80. The maximum Gasteiger partial charge on any atom is 0.157 e. The SMILES string of the molecule is c1ccc2c(c1)OCc1c(N3CCNCC3)n[nH]c1-2. The Kier molecular flexibility index (Phi) is 2.45. The van der Waals surface area contributed by atoms with Crippen molar-refractivity contribution in [2.24, 2.45) is 0 Å². The monoisotopic (exact) mass is 256 g/mol. The molecule has 0 radical (unpaired) electrons. The van der Waals surface area contributed by atoms with E-state index in [9.17, 15) is 0 Å². The van der Waals surface area contributed by atoms with Crippen LogP contribution in [0.5, 0.6) is 5.75 Å². The number of benzene rings is 1. The van der Waals surface area contributed by atoms with Crippen molar-refractivity contribution < 1.29 is 4.74 Å². The third-order valence-corrected chi connectivity index (χ3v) is 3.79. The maximum atomic E-state index is 5.84. The molecule has 3 heterocycles. The highest BCUT2D eigenvalue weighted by atomic mass is 16.5. The van der Waals surface area contributed by atoms with Crippen molar-refractivity contribution >= 4 is 5.82 Å². The summed E-state index contributed by atoms with van der Waals surface area (Å²) >= 11 is 0. The highest BCUT2D eigenvalue weighted by Gasteiger charge is 2.26. The number of nitrogens with one attached hydrogen (secondary N) is 2. The Morgan fingerprint density at radius 3 is 2.89 bits per heavy atom. The van der Waals surface area contributed by atoms with Crippen molar-refractivity contribution in [2.75, 3.05) is 31.1 Å². The Labute approximate surface area is 111 Å². The van der Waals surface area contributed by atoms with E-state index in [1.807, 2.05) is 18.2 Å². The number of hydrogen-bond acceptors (Lipinski definition) is 4. The van der Waals surface area contributed by atoms with Gasteiger partial charge in [0, 0.05) is 31.7 Å². The first-order valence-corrected chi connectivity index (χ1v) is 6.68. The van der Waals surface area contributed by atoms with E-state index in [0.29, 0.717) is 6.61 Å². The van der Waals surface area contributed by atoms with Gasteiger partial charge in [-0.15, -0.1) is 0 Å². The molecule has 0 saturated carbocycles. The number of para-hydroxylation sites is 1. The highest BCUT2D eigenvalue weighted by Crippen LogP contribution is 2.39. The molecule has 0 bridgehead atoms. The van der Waals surface area contributed by atoms with Gasteiger partial charge in [-0.1, -0.05) is 12.1 Å². The Morgan fingerprint density at radius 2 is 2.00 bits per heavy atom. The van der Waals surface area contributed by atoms with E-state index in [4.69, 9.17) is 4.74 Å². The first-order valence-electron chi connectivity index (χ1n) is 6.68. The molecule has 5 nitrogen and oxygen atoms in total. The molecule has 0 spiro atoms. The molecule has 98 valence electrons. The summed E-state index contributed by atoms with van der Waals surface area (Å²) in [7, 11) is 0. The summed E-state index contributed by atoms with van der Waals surface area (Å²) in [5.74, 6) is 1.98. The van der Waals surface area contributed by atoms with Crippen LogP contribution in [0.15, 0.2) is 24.3 Å². The van der Waals surface area contributed by atoms with Crippen LogP contribution in [0.25, 0.3) is 11.3 Å². The topological polar surface area (TPSA) is 53.2 Å². The van der Waals surface area contributed by atoms with E-state index in [0.717, 1.165) is 49.0 Å². The van der Waals surface area contributed by atoms with E-state index >= 15 is 0 Å². The number of nitrogens with zero attached hydrogens (tertiary/aromatic N) is 2. The molecule has 1 aromatic heterocycles.